The number of esters is 1. The third-order valence-electron chi connectivity index (χ3n) is 3.01. The van der Waals surface area contributed by atoms with Crippen LogP contribution in [0.1, 0.15) is 17.4 Å². The number of aryl methyl sites for hydroxylation is 1. The predicted molar refractivity (Wildman–Crippen MR) is 76.0 cm³/mol. The fraction of sp³-hybridized carbons (Fsp3) is 0.214. The van der Waals surface area contributed by atoms with Crippen LogP contribution in [0.2, 0.25) is 0 Å². The Morgan fingerprint density at radius 2 is 1.90 bits per heavy atom. The van der Waals surface area contributed by atoms with Gasteiger partial charge in [0.25, 0.3) is 0 Å². The highest BCUT2D eigenvalue weighted by molar-refractivity contribution is 5.91. The zero-order valence-electron chi connectivity index (χ0n) is 11.5. The molecule has 0 fully saturated rings. The maximum Gasteiger partial charge on any atom is 0.362 e. The van der Waals surface area contributed by atoms with Gasteiger partial charge in [0.2, 0.25) is 11.1 Å². The van der Waals surface area contributed by atoms with Gasteiger partial charge in [0.15, 0.2) is 11.2 Å². The molecule has 3 aromatic rings. The fourth-order valence-corrected chi connectivity index (χ4v) is 2.06. The summed E-state index contributed by atoms with van der Waals surface area (Å²) in [4.78, 5) is 32.8. The van der Waals surface area contributed by atoms with Crippen LogP contribution < -0.4 is 5.43 Å². The Labute approximate surface area is 119 Å². The fourth-order valence-electron chi connectivity index (χ4n) is 2.06. The average Bonchev–Trinajstić information content (AvgIpc) is 2.49. The van der Waals surface area contributed by atoms with Crippen LogP contribution in [0.25, 0.3) is 22.2 Å². The van der Waals surface area contributed by atoms with E-state index in [4.69, 9.17) is 4.74 Å². The number of nitrogens with zero attached hydrogens (tertiary/aromatic N) is 4. The molecule has 2 aromatic heterocycles. The summed E-state index contributed by atoms with van der Waals surface area (Å²) in [6.45, 7) is 1.84. The van der Waals surface area contributed by atoms with Crippen LogP contribution in [0.15, 0.2) is 29.1 Å². The molecule has 0 saturated heterocycles. The Morgan fingerprint density at radius 3 is 2.57 bits per heavy atom. The van der Waals surface area contributed by atoms with Crippen LogP contribution >= 0.6 is 0 Å². The molecular formula is C14H12N4O3. The van der Waals surface area contributed by atoms with E-state index in [-0.39, 0.29) is 17.8 Å². The normalized spacial score (nSPS) is 11.0. The van der Waals surface area contributed by atoms with Crippen LogP contribution in [0.4, 0.5) is 0 Å². The lowest BCUT2D eigenvalue weighted by Crippen LogP contribution is -2.24. The number of hydrogen-bond donors (Lipinski definition) is 0. The Morgan fingerprint density at radius 1 is 1.24 bits per heavy atom. The van der Waals surface area contributed by atoms with Crippen molar-refractivity contribution in [1.29, 1.82) is 0 Å². The Hall–Kier alpha value is -2.83. The largest absolute Gasteiger partial charge is 0.461 e. The molecule has 7 nitrogen and oxygen atoms in total. The van der Waals surface area contributed by atoms with Gasteiger partial charge in [0.05, 0.1) is 17.6 Å². The number of fused-ring (bicyclic) bond motifs is 2. The predicted octanol–water partition coefficient (Wildman–Crippen LogP) is 1.05. The van der Waals surface area contributed by atoms with Gasteiger partial charge in [0, 0.05) is 7.05 Å². The molecule has 2 heterocycles. The van der Waals surface area contributed by atoms with Crippen molar-refractivity contribution in [1.82, 2.24) is 19.7 Å². The second kappa shape index (κ2) is 4.93. The summed E-state index contributed by atoms with van der Waals surface area (Å²) < 4.78 is 6.20. The van der Waals surface area contributed by atoms with Crippen molar-refractivity contribution in [3.8, 4) is 0 Å². The van der Waals surface area contributed by atoms with Gasteiger partial charge in [-0.1, -0.05) is 12.1 Å². The number of hydrogen-bond acceptors (Lipinski definition) is 6. The number of ether oxygens (including phenoxy) is 1. The van der Waals surface area contributed by atoms with Gasteiger partial charge in [-0.3, -0.25) is 4.79 Å². The zero-order chi connectivity index (χ0) is 15.0. The number of para-hydroxylation sites is 2. The first-order chi connectivity index (χ1) is 10.1. The maximum atomic E-state index is 12.4. The van der Waals surface area contributed by atoms with Crippen molar-refractivity contribution in [3.63, 3.8) is 0 Å². The third kappa shape index (κ3) is 2.12. The van der Waals surface area contributed by atoms with Gasteiger partial charge in [-0.05, 0) is 19.1 Å². The van der Waals surface area contributed by atoms with E-state index >= 15 is 0 Å². The topological polar surface area (TPSA) is 87.0 Å². The first-order valence-electron chi connectivity index (χ1n) is 6.42. The molecule has 0 aliphatic carbocycles. The summed E-state index contributed by atoms with van der Waals surface area (Å²) >= 11 is 0. The number of benzene rings is 1. The summed E-state index contributed by atoms with van der Waals surface area (Å²) in [5, 5.41) is 3.95. The minimum absolute atomic E-state index is 0.106. The van der Waals surface area contributed by atoms with E-state index in [0.717, 1.165) is 0 Å². The minimum Gasteiger partial charge on any atom is -0.461 e. The molecule has 3 rings (SSSR count). The van der Waals surface area contributed by atoms with Gasteiger partial charge in [-0.15, -0.1) is 0 Å². The lowest BCUT2D eigenvalue weighted by Gasteiger charge is -2.07. The Balaban J connectivity index is 2.36. The van der Waals surface area contributed by atoms with Crippen LogP contribution in [0, 0.1) is 0 Å². The van der Waals surface area contributed by atoms with E-state index in [1.165, 1.54) is 4.68 Å². The summed E-state index contributed by atoms with van der Waals surface area (Å²) in [6, 6.07) is 7.19. The molecule has 0 atom stereocenters. The Bertz CT molecular complexity index is 917. The van der Waals surface area contributed by atoms with Crippen molar-refractivity contribution in [2.75, 3.05) is 6.61 Å². The average molecular weight is 284 g/mol. The highest BCUT2D eigenvalue weighted by Crippen LogP contribution is 2.12. The first kappa shape index (κ1) is 13.2. The summed E-state index contributed by atoms with van der Waals surface area (Å²) in [5.41, 5.74) is 0.825. The van der Waals surface area contributed by atoms with Crippen molar-refractivity contribution in [3.05, 3.63) is 40.2 Å². The second-order valence-corrected chi connectivity index (χ2v) is 4.41. The molecule has 7 heteroatoms. The zero-order valence-corrected chi connectivity index (χ0v) is 11.5. The molecule has 0 saturated carbocycles. The van der Waals surface area contributed by atoms with Gasteiger partial charge in [-0.25, -0.2) is 19.4 Å². The standard InChI is InChI=1S/C14H12N4O3/c1-3-21-14(20)11-12(19)10-13(18(2)17-11)16-9-7-5-4-6-8(9)15-10/h4-7H,3H2,1-2H3. The number of carbonyl (C=O) groups is 1. The molecule has 1 aromatic carbocycles. The quantitative estimate of drug-likeness (QED) is 0.516. The van der Waals surface area contributed by atoms with Crippen molar-refractivity contribution >= 4 is 28.2 Å². The van der Waals surface area contributed by atoms with E-state index in [9.17, 15) is 9.59 Å². The first-order valence-corrected chi connectivity index (χ1v) is 6.42. The molecule has 0 bridgehead atoms. The lowest BCUT2D eigenvalue weighted by atomic mass is 10.2. The van der Waals surface area contributed by atoms with Crippen LogP contribution in [0.3, 0.4) is 0 Å². The molecule has 0 unspecified atom stereocenters. The number of rotatable bonds is 2. The molecule has 0 aliphatic rings. The smallest absolute Gasteiger partial charge is 0.362 e. The molecule has 0 amide bonds. The van der Waals surface area contributed by atoms with E-state index in [2.05, 4.69) is 15.1 Å². The molecule has 0 spiro atoms. The monoisotopic (exact) mass is 284 g/mol. The van der Waals surface area contributed by atoms with Crippen LogP contribution in [-0.2, 0) is 11.8 Å². The summed E-state index contributed by atoms with van der Waals surface area (Å²) in [7, 11) is 1.61. The lowest BCUT2D eigenvalue weighted by molar-refractivity contribution is 0.0515. The van der Waals surface area contributed by atoms with Gasteiger partial charge in [-0.2, -0.15) is 5.10 Å². The number of carbonyl (C=O) groups excluding carboxylic acids is 1. The third-order valence-corrected chi connectivity index (χ3v) is 3.01. The van der Waals surface area contributed by atoms with Gasteiger partial charge in [0.1, 0.15) is 0 Å². The molecule has 0 N–H and O–H groups in total. The molecule has 106 valence electrons. The SMILES string of the molecule is CCOC(=O)c1nn(C)c2nc3ccccc3nc2c1=O. The molecule has 21 heavy (non-hydrogen) atoms. The van der Waals surface area contributed by atoms with Crippen molar-refractivity contribution < 1.29 is 9.53 Å². The van der Waals surface area contributed by atoms with Gasteiger partial charge < -0.3 is 4.74 Å². The van der Waals surface area contributed by atoms with Crippen LogP contribution in [-0.4, -0.2) is 32.3 Å². The van der Waals surface area contributed by atoms with Gasteiger partial charge >= 0.3 is 5.97 Å². The van der Waals surface area contributed by atoms with E-state index in [1.807, 2.05) is 6.07 Å². The second-order valence-electron chi connectivity index (χ2n) is 4.41. The highest BCUT2D eigenvalue weighted by atomic mass is 16.5. The van der Waals surface area contributed by atoms with E-state index in [1.54, 1.807) is 32.2 Å². The van der Waals surface area contributed by atoms with Crippen LogP contribution in [0.5, 0.6) is 0 Å². The van der Waals surface area contributed by atoms with Crippen molar-refractivity contribution in [2.24, 2.45) is 7.05 Å². The summed E-state index contributed by atoms with van der Waals surface area (Å²) in [6.07, 6.45) is 0. The molecular weight excluding hydrogens is 272 g/mol. The molecule has 0 radical (unpaired) electrons. The number of aromatic nitrogens is 4. The Kier molecular flexibility index (Phi) is 3.09. The van der Waals surface area contributed by atoms with E-state index < -0.39 is 11.4 Å². The highest BCUT2D eigenvalue weighted by Gasteiger charge is 2.19. The summed E-state index contributed by atoms with van der Waals surface area (Å²) in [5.74, 6) is -0.755. The molecule has 0 aliphatic heterocycles. The van der Waals surface area contributed by atoms with Crippen molar-refractivity contribution in [2.45, 2.75) is 6.92 Å². The minimum atomic E-state index is -0.755. The van der Waals surface area contributed by atoms with E-state index in [0.29, 0.717) is 16.7 Å². The maximum absolute atomic E-state index is 12.4.